The van der Waals surface area contributed by atoms with Crippen molar-refractivity contribution < 1.29 is 14.2 Å². The van der Waals surface area contributed by atoms with E-state index in [-0.39, 0.29) is 18.6 Å². The number of benzene rings is 1. The molecule has 3 atom stereocenters. The first kappa shape index (κ1) is 23.1. The number of likely N-dealkylation sites (tertiary alicyclic amines) is 1. The van der Waals surface area contributed by atoms with E-state index in [9.17, 15) is 5.11 Å². The van der Waals surface area contributed by atoms with Gasteiger partial charge in [0.2, 0.25) is 0 Å². The number of anilines is 1. The van der Waals surface area contributed by atoms with Gasteiger partial charge in [-0.05, 0) is 57.0 Å². The standard InChI is InChI=1S/C25H33FN6O2/c1-16-10-19-13-27-32(23(19)11-21(16)20-4-5-30(6-8-33)14-22(20)26)25-12-24(28-18(3)29-25)31-7-9-34-15-17(31)2/h10-13,17,20,22,33H,4-9,14-15H2,1-3H3/t17-,20?,22?/m1/s1. The number of halogens is 1. The van der Waals surface area contributed by atoms with Crippen LogP contribution in [-0.2, 0) is 4.74 Å². The number of nitrogens with zero attached hydrogens (tertiary/aromatic N) is 6. The average molecular weight is 469 g/mol. The van der Waals surface area contributed by atoms with Crippen LogP contribution < -0.4 is 4.90 Å². The largest absolute Gasteiger partial charge is 0.395 e. The summed E-state index contributed by atoms with van der Waals surface area (Å²) in [5.41, 5.74) is 3.03. The number of aliphatic hydroxyl groups excluding tert-OH is 1. The first-order valence-corrected chi connectivity index (χ1v) is 12.1. The molecule has 2 saturated heterocycles. The smallest absolute Gasteiger partial charge is 0.159 e. The van der Waals surface area contributed by atoms with Crippen LogP contribution in [0.25, 0.3) is 16.7 Å². The van der Waals surface area contributed by atoms with Crippen molar-refractivity contribution in [2.75, 3.05) is 50.9 Å². The van der Waals surface area contributed by atoms with Gasteiger partial charge in [0.25, 0.3) is 0 Å². The van der Waals surface area contributed by atoms with Gasteiger partial charge in [-0.3, -0.25) is 4.90 Å². The number of morpholine rings is 1. The minimum absolute atomic E-state index is 0.0606. The summed E-state index contributed by atoms with van der Waals surface area (Å²) < 4.78 is 22.6. The third-order valence-corrected chi connectivity index (χ3v) is 7.09. The van der Waals surface area contributed by atoms with E-state index in [1.165, 1.54) is 0 Å². The van der Waals surface area contributed by atoms with Gasteiger partial charge in [-0.1, -0.05) is 0 Å². The van der Waals surface area contributed by atoms with Gasteiger partial charge in [0, 0.05) is 37.0 Å². The minimum atomic E-state index is -0.969. The molecule has 2 aliphatic rings. The molecule has 0 radical (unpaired) electrons. The van der Waals surface area contributed by atoms with Crippen molar-refractivity contribution >= 4 is 16.7 Å². The molecule has 3 aromatic rings. The normalized spacial score (nSPS) is 24.1. The number of ether oxygens (including phenoxy) is 1. The van der Waals surface area contributed by atoms with Crippen molar-refractivity contribution in [2.45, 2.75) is 45.3 Å². The number of piperidine rings is 1. The van der Waals surface area contributed by atoms with Gasteiger partial charge in [-0.15, -0.1) is 0 Å². The van der Waals surface area contributed by atoms with Crippen molar-refractivity contribution in [3.05, 3.63) is 41.3 Å². The van der Waals surface area contributed by atoms with Crippen LogP contribution >= 0.6 is 0 Å². The maximum atomic E-state index is 15.2. The molecule has 0 saturated carbocycles. The number of alkyl halides is 1. The highest BCUT2D eigenvalue weighted by Gasteiger charge is 2.31. The van der Waals surface area contributed by atoms with Crippen LogP contribution in [0.3, 0.4) is 0 Å². The summed E-state index contributed by atoms with van der Waals surface area (Å²) in [6, 6.07) is 6.40. The zero-order chi connectivity index (χ0) is 23.8. The second-order valence-corrected chi connectivity index (χ2v) is 9.51. The Bertz CT molecular complexity index is 1170. The van der Waals surface area contributed by atoms with Gasteiger partial charge in [-0.25, -0.2) is 19.0 Å². The lowest BCUT2D eigenvalue weighted by Crippen LogP contribution is -2.44. The highest BCUT2D eigenvalue weighted by molar-refractivity contribution is 5.82. The van der Waals surface area contributed by atoms with Crippen LogP contribution in [0.4, 0.5) is 10.2 Å². The fourth-order valence-electron chi connectivity index (χ4n) is 5.31. The van der Waals surface area contributed by atoms with Crippen LogP contribution in [-0.4, -0.2) is 88.0 Å². The van der Waals surface area contributed by atoms with E-state index in [4.69, 9.17) is 4.74 Å². The third-order valence-electron chi connectivity index (χ3n) is 7.09. The quantitative estimate of drug-likeness (QED) is 0.617. The van der Waals surface area contributed by atoms with Crippen molar-refractivity contribution in [2.24, 2.45) is 0 Å². The number of β-amino-alcohol motifs (C(OH)–C–C–N with tert-alkyl or cyclic N) is 1. The van der Waals surface area contributed by atoms with Crippen LogP contribution in [0.15, 0.2) is 24.4 Å². The molecule has 0 bridgehead atoms. The Morgan fingerprint density at radius 2 is 1.97 bits per heavy atom. The number of hydrogen-bond donors (Lipinski definition) is 1. The first-order chi connectivity index (χ1) is 16.4. The molecule has 0 aliphatic carbocycles. The molecule has 8 nitrogen and oxygen atoms in total. The highest BCUT2D eigenvalue weighted by Crippen LogP contribution is 2.35. The molecule has 2 aliphatic heterocycles. The monoisotopic (exact) mass is 468 g/mol. The summed E-state index contributed by atoms with van der Waals surface area (Å²) >= 11 is 0. The Balaban J connectivity index is 1.51. The highest BCUT2D eigenvalue weighted by atomic mass is 19.1. The van der Waals surface area contributed by atoms with E-state index in [0.29, 0.717) is 37.9 Å². The minimum Gasteiger partial charge on any atom is -0.395 e. The molecule has 182 valence electrons. The van der Waals surface area contributed by atoms with E-state index in [1.54, 1.807) is 0 Å². The van der Waals surface area contributed by atoms with Gasteiger partial charge in [0.05, 0.1) is 37.6 Å². The van der Waals surface area contributed by atoms with Crippen LogP contribution in [0, 0.1) is 13.8 Å². The predicted molar refractivity (Wildman–Crippen MR) is 130 cm³/mol. The summed E-state index contributed by atoms with van der Waals surface area (Å²) in [6.45, 7) is 9.94. The van der Waals surface area contributed by atoms with Crippen molar-refractivity contribution in [3.8, 4) is 5.82 Å². The Labute approximate surface area is 199 Å². The SMILES string of the molecule is Cc1nc(N2CCOC[C@H]2C)cc(-n2ncc3cc(C)c(C4CCN(CCO)CC4F)cc32)n1. The second kappa shape index (κ2) is 9.56. The van der Waals surface area contributed by atoms with E-state index in [0.717, 1.165) is 47.4 Å². The Kier molecular flexibility index (Phi) is 6.50. The van der Waals surface area contributed by atoms with E-state index < -0.39 is 6.17 Å². The van der Waals surface area contributed by atoms with E-state index >= 15 is 4.39 Å². The zero-order valence-electron chi connectivity index (χ0n) is 20.1. The molecular formula is C25H33FN6O2. The maximum absolute atomic E-state index is 15.2. The number of aliphatic hydroxyl groups is 1. The van der Waals surface area contributed by atoms with Gasteiger partial charge in [0.15, 0.2) is 5.82 Å². The molecule has 0 amide bonds. The van der Waals surface area contributed by atoms with Gasteiger partial charge in [-0.2, -0.15) is 5.10 Å². The van der Waals surface area contributed by atoms with E-state index in [1.807, 2.05) is 35.7 Å². The summed E-state index contributed by atoms with van der Waals surface area (Å²) in [5, 5.41) is 14.9. The topological polar surface area (TPSA) is 79.5 Å². The Morgan fingerprint density at radius 3 is 2.74 bits per heavy atom. The number of hydrogen-bond acceptors (Lipinski definition) is 7. The van der Waals surface area contributed by atoms with Crippen LogP contribution in [0.2, 0.25) is 0 Å². The summed E-state index contributed by atoms with van der Waals surface area (Å²) in [4.78, 5) is 13.6. The summed E-state index contributed by atoms with van der Waals surface area (Å²) in [5.74, 6) is 2.09. The van der Waals surface area contributed by atoms with Crippen molar-refractivity contribution in [3.63, 3.8) is 0 Å². The number of rotatable bonds is 5. The lowest BCUT2D eigenvalue weighted by molar-refractivity contribution is 0.0985. The zero-order valence-corrected chi connectivity index (χ0v) is 20.1. The lowest BCUT2D eigenvalue weighted by Gasteiger charge is -2.35. The lowest BCUT2D eigenvalue weighted by atomic mass is 9.85. The molecule has 9 heteroatoms. The molecule has 1 N–H and O–H groups in total. The molecule has 2 aromatic heterocycles. The molecule has 2 unspecified atom stereocenters. The number of aromatic nitrogens is 4. The maximum Gasteiger partial charge on any atom is 0.159 e. The number of fused-ring (bicyclic) bond motifs is 1. The average Bonchev–Trinajstić information content (AvgIpc) is 3.21. The number of aryl methyl sites for hydroxylation is 2. The van der Waals surface area contributed by atoms with E-state index in [2.05, 4.69) is 39.0 Å². The first-order valence-electron chi connectivity index (χ1n) is 12.1. The molecule has 1 aromatic carbocycles. The molecule has 0 spiro atoms. The molecule has 5 rings (SSSR count). The fraction of sp³-hybridized carbons (Fsp3) is 0.560. The molecular weight excluding hydrogens is 435 g/mol. The summed E-state index contributed by atoms with van der Waals surface area (Å²) in [6.07, 6.45) is 1.61. The summed E-state index contributed by atoms with van der Waals surface area (Å²) in [7, 11) is 0. The van der Waals surface area contributed by atoms with Gasteiger partial charge >= 0.3 is 0 Å². The Morgan fingerprint density at radius 1 is 1.15 bits per heavy atom. The molecule has 4 heterocycles. The van der Waals surface area contributed by atoms with Crippen LogP contribution in [0.5, 0.6) is 0 Å². The molecule has 34 heavy (non-hydrogen) atoms. The predicted octanol–water partition coefficient (Wildman–Crippen LogP) is 2.78. The third kappa shape index (κ3) is 4.39. The molecule has 2 fully saturated rings. The fourth-order valence-corrected chi connectivity index (χ4v) is 5.31. The van der Waals surface area contributed by atoms with Crippen molar-refractivity contribution in [1.29, 1.82) is 0 Å². The van der Waals surface area contributed by atoms with Crippen molar-refractivity contribution in [1.82, 2.24) is 24.6 Å². The second-order valence-electron chi connectivity index (χ2n) is 9.51. The Hall–Kier alpha value is -2.62. The van der Waals surface area contributed by atoms with Gasteiger partial charge in [0.1, 0.15) is 17.8 Å². The van der Waals surface area contributed by atoms with Crippen LogP contribution in [0.1, 0.15) is 36.2 Å². The van der Waals surface area contributed by atoms with Gasteiger partial charge < -0.3 is 14.7 Å².